The van der Waals surface area contributed by atoms with Crippen LogP contribution in [-0.2, 0) is 0 Å². The predicted molar refractivity (Wildman–Crippen MR) is 80.0 cm³/mol. The van der Waals surface area contributed by atoms with Crippen LogP contribution in [0.15, 0.2) is 24.3 Å². The molecule has 1 fully saturated rings. The highest BCUT2D eigenvalue weighted by Gasteiger charge is 2.32. The molecule has 0 amide bonds. The largest absolute Gasteiger partial charge is 0.247 e. The van der Waals surface area contributed by atoms with Crippen molar-refractivity contribution in [3.8, 4) is 0 Å². The van der Waals surface area contributed by atoms with Crippen molar-refractivity contribution >= 4 is 0 Å². The van der Waals surface area contributed by atoms with Crippen molar-refractivity contribution < 1.29 is 17.6 Å². The summed E-state index contributed by atoms with van der Waals surface area (Å²) >= 11 is 0. The van der Waals surface area contributed by atoms with Gasteiger partial charge >= 0.3 is 0 Å². The van der Waals surface area contributed by atoms with Gasteiger partial charge in [-0.2, -0.15) is 0 Å². The maximum atomic E-state index is 14.4. The molecule has 22 heavy (non-hydrogen) atoms. The number of allylic oxidation sites excluding steroid dienone is 2. The van der Waals surface area contributed by atoms with Crippen molar-refractivity contribution in [3.05, 3.63) is 47.3 Å². The van der Waals surface area contributed by atoms with Gasteiger partial charge in [0.2, 0.25) is 0 Å². The van der Waals surface area contributed by atoms with Gasteiger partial charge in [-0.1, -0.05) is 25.5 Å². The third kappa shape index (κ3) is 4.11. The van der Waals surface area contributed by atoms with Crippen LogP contribution in [-0.4, -0.2) is 6.17 Å². The SMILES string of the molecule is CCCC=CC[C@@H]1CCC(c2cc(F)c(F)c(F)c2)C(F)C1. The summed E-state index contributed by atoms with van der Waals surface area (Å²) in [7, 11) is 0. The molecule has 0 heterocycles. The summed E-state index contributed by atoms with van der Waals surface area (Å²) in [4.78, 5) is 0. The molecule has 4 heteroatoms. The van der Waals surface area contributed by atoms with Crippen LogP contribution in [0.2, 0.25) is 0 Å². The molecule has 0 saturated heterocycles. The molecule has 1 aliphatic carbocycles. The number of halogens is 4. The number of benzene rings is 1. The van der Waals surface area contributed by atoms with Gasteiger partial charge in [-0.3, -0.25) is 0 Å². The van der Waals surface area contributed by atoms with Gasteiger partial charge in [-0.15, -0.1) is 0 Å². The number of rotatable bonds is 5. The highest BCUT2D eigenvalue weighted by molar-refractivity contribution is 5.25. The quantitative estimate of drug-likeness (QED) is 0.351. The zero-order valence-electron chi connectivity index (χ0n) is 12.8. The van der Waals surface area contributed by atoms with E-state index in [4.69, 9.17) is 0 Å². The van der Waals surface area contributed by atoms with E-state index in [1.165, 1.54) is 0 Å². The topological polar surface area (TPSA) is 0 Å². The number of alkyl halides is 1. The molecule has 2 rings (SSSR count). The lowest BCUT2D eigenvalue weighted by Gasteiger charge is -2.31. The molecule has 0 spiro atoms. The Labute approximate surface area is 129 Å². The Bertz CT molecular complexity index is 501. The van der Waals surface area contributed by atoms with E-state index in [2.05, 4.69) is 19.1 Å². The minimum absolute atomic E-state index is 0.226. The first-order chi connectivity index (χ1) is 10.5. The molecule has 0 N–H and O–H groups in total. The lowest BCUT2D eigenvalue weighted by atomic mass is 9.76. The van der Waals surface area contributed by atoms with Crippen LogP contribution in [0.1, 0.15) is 56.9 Å². The van der Waals surface area contributed by atoms with E-state index in [9.17, 15) is 17.6 Å². The van der Waals surface area contributed by atoms with Gasteiger partial charge in [0.15, 0.2) is 17.5 Å². The summed E-state index contributed by atoms with van der Waals surface area (Å²) in [6, 6.07) is 1.86. The Morgan fingerprint density at radius 3 is 2.36 bits per heavy atom. The Hall–Kier alpha value is -1.32. The molecule has 2 unspecified atom stereocenters. The molecular weight excluding hydrogens is 292 g/mol. The smallest absolute Gasteiger partial charge is 0.194 e. The molecule has 122 valence electrons. The molecule has 0 aromatic heterocycles. The Balaban J connectivity index is 1.99. The van der Waals surface area contributed by atoms with Crippen LogP contribution in [0.5, 0.6) is 0 Å². The van der Waals surface area contributed by atoms with E-state index < -0.39 is 29.5 Å². The van der Waals surface area contributed by atoms with Gasteiger partial charge in [0, 0.05) is 5.92 Å². The fourth-order valence-electron chi connectivity index (χ4n) is 3.15. The summed E-state index contributed by atoms with van der Waals surface area (Å²) in [6.07, 6.45) is 7.80. The molecule has 0 nitrogen and oxygen atoms in total. The van der Waals surface area contributed by atoms with Gasteiger partial charge in [0.1, 0.15) is 6.17 Å². The van der Waals surface area contributed by atoms with Gasteiger partial charge < -0.3 is 0 Å². The molecule has 1 aromatic rings. The summed E-state index contributed by atoms with van der Waals surface area (Å²) in [6.45, 7) is 2.11. The Morgan fingerprint density at radius 1 is 1.09 bits per heavy atom. The summed E-state index contributed by atoms with van der Waals surface area (Å²) in [5.74, 6) is -4.25. The van der Waals surface area contributed by atoms with Crippen molar-refractivity contribution in [2.45, 2.75) is 57.5 Å². The predicted octanol–water partition coefficient (Wildman–Crippen LogP) is 6.07. The fraction of sp³-hybridized carbons (Fsp3) is 0.556. The van der Waals surface area contributed by atoms with Crippen LogP contribution in [0.4, 0.5) is 17.6 Å². The second-order valence-corrected chi connectivity index (χ2v) is 6.10. The number of hydrogen-bond donors (Lipinski definition) is 0. The average Bonchev–Trinajstić information content (AvgIpc) is 2.49. The number of hydrogen-bond acceptors (Lipinski definition) is 0. The standard InChI is InChI=1S/C18H22F4/c1-2-3-4-5-6-12-7-8-14(15(19)9-12)13-10-16(20)18(22)17(21)11-13/h4-5,10-12,14-15H,2-3,6-9H2,1H3/t12-,14?,15?/m1/s1. The maximum Gasteiger partial charge on any atom is 0.194 e. The maximum absolute atomic E-state index is 14.4. The first kappa shape index (κ1) is 17.0. The van der Waals surface area contributed by atoms with Crippen LogP contribution in [0, 0.1) is 23.4 Å². The van der Waals surface area contributed by atoms with Gasteiger partial charge in [0.25, 0.3) is 0 Å². The minimum Gasteiger partial charge on any atom is -0.247 e. The van der Waals surface area contributed by atoms with Crippen LogP contribution in [0.25, 0.3) is 0 Å². The van der Waals surface area contributed by atoms with Crippen molar-refractivity contribution in [1.29, 1.82) is 0 Å². The highest BCUT2D eigenvalue weighted by atomic mass is 19.2. The van der Waals surface area contributed by atoms with E-state index in [1.807, 2.05) is 0 Å². The zero-order valence-corrected chi connectivity index (χ0v) is 12.8. The molecule has 3 atom stereocenters. The van der Waals surface area contributed by atoms with Crippen LogP contribution in [0.3, 0.4) is 0 Å². The van der Waals surface area contributed by atoms with E-state index in [1.54, 1.807) is 0 Å². The molecule has 1 aliphatic rings. The van der Waals surface area contributed by atoms with Crippen molar-refractivity contribution in [1.82, 2.24) is 0 Å². The highest BCUT2D eigenvalue weighted by Crippen LogP contribution is 2.40. The van der Waals surface area contributed by atoms with Gasteiger partial charge in [0.05, 0.1) is 0 Å². The average molecular weight is 314 g/mol. The molecule has 1 saturated carbocycles. The second kappa shape index (κ2) is 7.80. The van der Waals surface area contributed by atoms with Gasteiger partial charge in [-0.25, -0.2) is 17.6 Å². The minimum atomic E-state index is -1.49. The third-order valence-electron chi connectivity index (χ3n) is 4.41. The van der Waals surface area contributed by atoms with Crippen molar-refractivity contribution in [2.24, 2.45) is 5.92 Å². The third-order valence-corrected chi connectivity index (χ3v) is 4.41. The normalized spacial score (nSPS) is 25.8. The summed E-state index contributed by atoms with van der Waals surface area (Å²) in [5, 5.41) is 0. The second-order valence-electron chi connectivity index (χ2n) is 6.10. The molecule has 0 aliphatic heterocycles. The first-order valence-corrected chi connectivity index (χ1v) is 7.96. The number of unbranched alkanes of at least 4 members (excludes halogenated alkanes) is 1. The van der Waals surface area contributed by atoms with Gasteiger partial charge in [-0.05, 0) is 55.7 Å². The molecular formula is C18H22F4. The zero-order chi connectivity index (χ0) is 16.1. The summed E-state index contributed by atoms with van der Waals surface area (Å²) < 4.78 is 53.9. The first-order valence-electron chi connectivity index (χ1n) is 7.96. The van der Waals surface area contributed by atoms with E-state index >= 15 is 0 Å². The van der Waals surface area contributed by atoms with Crippen molar-refractivity contribution in [2.75, 3.05) is 0 Å². The van der Waals surface area contributed by atoms with Crippen LogP contribution >= 0.6 is 0 Å². The molecule has 0 bridgehead atoms. The Morgan fingerprint density at radius 2 is 1.77 bits per heavy atom. The molecule has 1 aromatic carbocycles. The van der Waals surface area contributed by atoms with Crippen molar-refractivity contribution in [3.63, 3.8) is 0 Å². The van der Waals surface area contributed by atoms with Crippen LogP contribution < -0.4 is 0 Å². The summed E-state index contributed by atoms with van der Waals surface area (Å²) in [5.41, 5.74) is 0.226. The van der Waals surface area contributed by atoms with E-state index in [-0.39, 0.29) is 11.5 Å². The van der Waals surface area contributed by atoms with E-state index in [0.29, 0.717) is 12.8 Å². The monoisotopic (exact) mass is 314 g/mol. The molecule has 0 radical (unpaired) electrons. The Kier molecular flexibility index (Phi) is 6.04. The lowest BCUT2D eigenvalue weighted by Crippen LogP contribution is -2.25. The lowest BCUT2D eigenvalue weighted by molar-refractivity contribution is 0.169. The van der Waals surface area contributed by atoms with E-state index in [0.717, 1.165) is 37.8 Å². The fourth-order valence-corrected chi connectivity index (χ4v) is 3.15.